The Bertz CT molecular complexity index is 926. The van der Waals surface area contributed by atoms with Gasteiger partial charge in [0.2, 0.25) is 0 Å². The molecule has 0 aromatic heterocycles. The summed E-state index contributed by atoms with van der Waals surface area (Å²) in [5, 5.41) is 0. The lowest BCUT2D eigenvalue weighted by Crippen LogP contribution is -2.13. The van der Waals surface area contributed by atoms with Crippen LogP contribution in [0.25, 0.3) is 0 Å². The minimum atomic E-state index is -0.823. The summed E-state index contributed by atoms with van der Waals surface area (Å²) in [6, 6.07) is 8.25. The summed E-state index contributed by atoms with van der Waals surface area (Å²) in [6.45, 7) is 4.10. The van der Waals surface area contributed by atoms with Crippen LogP contribution in [0, 0.1) is 49.9 Å². The van der Waals surface area contributed by atoms with Crippen LogP contribution in [0.5, 0.6) is 0 Å². The Balaban J connectivity index is 2.28. The summed E-state index contributed by atoms with van der Waals surface area (Å²) in [5.74, 6) is -3.85. The van der Waals surface area contributed by atoms with Gasteiger partial charge in [0.1, 0.15) is 29.1 Å². The molecule has 0 radical (unpaired) electrons. The Hall–Kier alpha value is -2.89. The predicted octanol–water partition coefficient (Wildman–Crippen LogP) is 6.78. The Labute approximate surface area is 153 Å². The lowest BCUT2D eigenvalue weighted by Gasteiger charge is -2.26. The number of halogens is 5. The predicted molar refractivity (Wildman–Crippen MR) is 95.1 cm³/mol. The van der Waals surface area contributed by atoms with Gasteiger partial charge < -0.3 is 4.90 Å². The molecule has 0 aliphatic carbocycles. The molecule has 3 aromatic carbocycles. The molecule has 27 heavy (non-hydrogen) atoms. The molecule has 0 amide bonds. The van der Waals surface area contributed by atoms with Crippen molar-refractivity contribution in [1.82, 2.24) is 0 Å². The van der Waals surface area contributed by atoms with Crippen LogP contribution in [0.15, 0.2) is 42.5 Å². The van der Waals surface area contributed by atoms with Crippen molar-refractivity contribution in [3.63, 3.8) is 0 Å². The average Bonchev–Trinajstić information content (AvgIpc) is 2.60. The van der Waals surface area contributed by atoms with E-state index in [2.05, 4.69) is 0 Å². The zero-order valence-corrected chi connectivity index (χ0v) is 14.9. The molecule has 0 saturated heterocycles. The third-order valence-corrected chi connectivity index (χ3v) is 4.46. The average molecular weight is 377 g/mol. The van der Waals surface area contributed by atoms with Gasteiger partial charge in [0.25, 0.3) is 0 Å². The van der Waals surface area contributed by atoms with Crippen molar-refractivity contribution in [3.05, 3.63) is 88.2 Å². The van der Waals surface area contributed by atoms with E-state index in [1.165, 1.54) is 30.9 Å². The van der Waals surface area contributed by atoms with Crippen LogP contribution in [0.1, 0.15) is 16.7 Å². The van der Waals surface area contributed by atoms with Crippen LogP contribution in [0.4, 0.5) is 39.0 Å². The third kappa shape index (κ3) is 3.52. The Kier molecular flexibility index (Phi) is 4.91. The number of hydrogen-bond donors (Lipinski definition) is 0. The van der Waals surface area contributed by atoms with E-state index in [1.54, 1.807) is 6.92 Å². The van der Waals surface area contributed by atoms with Gasteiger partial charge in [-0.05, 0) is 62.7 Å². The van der Waals surface area contributed by atoms with Gasteiger partial charge in [-0.3, -0.25) is 0 Å². The first-order chi connectivity index (χ1) is 12.7. The molecule has 0 atom stereocenters. The van der Waals surface area contributed by atoms with E-state index in [0.717, 1.165) is 30.3 Å². The summed E-state index contributed by atoms with van der Waals surface area (Å²) in [7, 11) is 0. The van der Waals surface area contributed by atoms with Crippen molar-refractivity contribution in [3.8, 4) is 0 Å². The second kappa shape index (κ2) is 7.02. The second-order valence-electron chi connectivity index (χ2n) is 6.34. The number of benzene rings is 3. The molecule has 0 saturated carbocycles. The molecule has 6 heteroatoms. The number of aryl methyl sites for hydroxylation is 1. The Morgan fingerprint density at radius 1 is 0.519 bits per heavy atom. The highest BCUT2D eigenvalue weighted by Gasteiger charge is 2.20. The Morgan fingerprint density at radius 3 is 1.26 bits per heavy atom. The molecule has 0 aliphatic rings. The van der Waals surface area contributed by atoms with Crippen molar-refractivity contribution >= 4 is 17.1 Å². The minimum Gasteiger partial charge on any atom is -0.310 e. The van der Waals surface area contributed by atoms with E-state index < -0.39 is 29.1 Å². The van der Waals surface area contributed by atoms with E-state index in [1.807, 2.05) is 0 Å². The van der Waals surface area contributed by atoms with Crippen LogP contribution in [-0.4, -0.2) is 0 Å². The third-order valence-electron chi connectivity index (χ3n) is 4.46. The van der Waals surface area contributed by atoms with Crippen LogP contribution < -0.4 is 4.90 Å². The quantitative estimate of drug-likeness (QED) is 0.455. The lowest BCUT2D eigenvalue weighted by atomic mass is 10.1. The maximum absolute atomic E-state index is 14.1. The van der Waals surface area contributed by atoms with E-state index in [0.29, 0.717) is 5.56 Å². The summed E-state index contributed by atoms with van der Waals surface area (Å²) < 4.78 is 70.5. The van der Waals surface area contributed by atoms with Crippen molar-refractivity contribution in [2.45, 2.75) is 20.8 Å². The van der Waals surface area contributed by atoms with E-state index in [-0.39, 0.29) is 28.2 Å². The highest BCUT2D eigenvalue weighted by Crippen LogP contribution is 2.37. The zero-order valence-electron chi connectivity index (χ0n) is 14.9. The second-order valence-corrected chi connectivity index (χ2v) is 6.34. The van der Waals surface area contributed by atoms with Gasteiger partial charge in [0, 0.05) is 16.8 Å². The molecule has 0 fully saturated rings. The van der Waals surface area contributed by atoms with Crippen molar-refractivity contribution in [1.29, 1.82) is 0 Å². The topological polar surface area (TPSA) is 3.24 Å². The monoisotopic (exact) mass is 377 g/mol. The van der Waals surface area contributed by atoms with Crippen molar-refractivity contribution in [2.75, 3.05) is 4.90 Å². The number of rotatable bonds is 3. The van der Waals surface area contributed by atoms with Crippen LogP contribution in [-0.2, 0) is 0 Å². The summed E-state index contributed by atoms with van der Waals surface area (Å²) in [4.78, 5) is 1.19. The molecule has 0 unspecified atom stereocenters. The van der Waals surface area contributed by atoms with Crippen LogP contribution >= 0.6 is 0 Å². The molecule has 0 spiro atoms. The van der Waals surface area contributed by atoms with Crippen LogP contribution in [0.3, 0.4) is 0 Å². The lowest BCUT2D eigenvalue weighted by molar-refractivity contribution is 0.567. The SMILES string of the molecule is Cc1ccc(N(c2cc(F)c(C)c(F)c2)c2cc(F)c(C)c(F)c2)cc1F. The van der Waals surface area contributed by atoms with E-state index >= 15 is 0 Å². The van der Waals surface area contributed by atoms with Gasteiger partial charge in [-0.2, -0.15) is 0 Å². The molecule has 0 N–H and O–H groups in total. The maximum atomic E-state index is 14.1. The molecule has 140 valence electrons. The fourth-order valence-corrected chi connectivity index (χ4v) is 2.69. The molecular formula is C21H16F5N. The number of nitrogens with zero attached hydrogens (tertiary/aromatic N) is 1. The molecule has 3 rings (SSSR count). The van der Waals surface area contributed by atoms with Gasteiger partial charge in [-0.25, -0.2) is 22.0 Å². The fourth-order valence-electron chi connectivity index (χ4n) is 2.69. The first-order valence-electron chi connectivity index (χ1n) is 8.16. The number of anilines is 3. The molecule has 0 aliphatic heterocycles. The summed E-state index contributed by atoms with van der Waals surface area (Å²) in [6.07, 6.45) is 0. The Morgan fingerprint density at radius 2 is 0.889 bits per heavy atom. The summed E-state index contributed by atoms with van der Waals surface area (Å²) in [5.41, 5.74) is 0.109. The van der Waals surface area contributed by atoms with Gasteiger partial charge in [-0.15, -0.1) is 0 Å². The van der Waals surface area contributed by atoms with Gasteiger partial charge in [-0.1, -0.05) is 6.07 Å². The standard InChI is InChI=1S/C21H16F5N/c1-11-4-5-14(6-17(11)22)27(15-7-18(23)12(2)19(24)8-15)16-9-20(25)13(3)21(26)10-16/h4-10H,1-3H3. The molecule has 3 aromatic rings. The zero-order chi connectivity index (χ0) is 19.9. The smallest absolute Gasteiger partial charge is 0.131 e. The first-order valence-corrected chi connectivity index (χ1v) is 8.16. The molecule has 0 bridgehead atoms. The van der Waals surface area contributed by atoms with E-state index in [9.17, 15) is 22.0 Å². The molecule has 0 heterocycles. The highest BCUT2D eigenvalue weighted by atomic mass is 19.1. The van der Waals surface area contributed by atoms with E-state index in [4.69, 9.17) is 0 Å². The normalized spacial score (nSPS) is 11.0. The van der Waals surface area contributed by atoms with Crippen LogP contribution in [0.2, 0.25) is 0 Å². The molecular weight excluding hydrogens is 361 g/mol. The highest BCUT2D eigenvalue weighted by molar-refractivity contribution is 5.77. The van der Waals surface area contributed by atoms with Gasteiger partial charge in [0.15, 0.2) is 0 Å². The largest absolute Gasteiger partial charge is 0.310 e. The van der Waals surface area contributed by atoms with Gasteiger partial charge >= 0.3 is 0 Å². The molecule has 1 nitrogen and oxygen atoms in total. The number of hydrogen-bond acceptors (Lipinski definition) is 1. The fraction of sp³-hybridized carbons (Fsp3) is 0.143. The first kappa shape index (κ1) is 18.9. The minimum absolute atomic E-state index is 0.0264. The van der Waals surface area contributed by atoms with Gasteiger partial charge in [0.05, 0.1) is 11.4 Å². The van der Waals surface area contributed by atoms with Crippen molar-refractivity contribution in [2.24, 2.45) is 0 Å². The summed E-state index contributed by atoms with van der Waals surface area (Å²) >= 11 is 0. The maximum Gasteiger partial charge on any atom is 0.131 e. The van der Waals surface area contributed by atoms with Crippen molar-refractivity contribution < 1.29 is 22.0 Å².